The van der Waals surface area contributed by atoms with Crippen molar-refractivity contribution < 1.29 is 4.74 Å². The molecule has 2 aromatic rings. The first kappa shape index (κ1) is 16.4. The van der Waals surface area contributed by atoms with E-state index < -0.39 is 0 Å². The molecule has 0 saturated carbocycles. The Morgan fingerprint density at radius 3 is 2.59 bits per heavy atom. The normalized spacial score (nSPS) is 12.8. The van der Waals surface area contributed by atoms with Gasteiger partial charge >= 0.3 is 0 Å². The molecule has 0 fully saturated rings. The fraction of sp³-hybridized carbons (Fsp3) is 0.353. The van der Waals surface area contributed by atoms with Crippen LogP contribution >= 0.6 is 11.3 Å². The average molecular weight is 317 g/mol. The van der Waals surface area contributed by atoms with Gasteiger partial charge in [-0.1, -0.05) is 18.2 Å². The minimum atomic E-state index is 0.0601. The lowest BCUT2D eigenvalue weighted by atomic mass is 10.3. The van der Waals surface area contributed by atoms with Crippen LogP contribution in [0.5, 0.6) is 5.75 Å². The third-order valence-electron chi connectivity index (χ3n) is 3.09. The predicted molar refractivity (Wildman–Crippen MR) is 93.8 cm³/mol. The summed E-state index contributed by atoms with van der Waals surface area (Å²) in [6.45, 7) is 5.63. The number of benzene rings is 1. The van der Waals surface area contributed by atoms with Crippen molar-refractivity contribution in [1.82, 2.24) is 10.6 Å². The number of hydrogen-bond acceptors (Lipinski definition) is 3. The highest BCUT2D eigenvalue weighted by molar-refractivity contribution is 7.11. The summed E-state index contributed by atoms with van der Waals surface area (Å²) in [5.74, 6) is 1.67. The lowest BCUT2D eigenvalue weighted by Crippen LogP contribution is -2.41. The molecule has 1 unspecified atom stereocenters. The van der Waals surface area contributed by atoms with Gasteiger partial charge in [-0.25, -0.2) is 0 Å². The molecule has 5 heteroatoms. The van der Waals surface area contributed by atoms with E-state index in [9.17, 15) is 0 Å². The van der Waals surface area contributed by atoms with Crippen LogP contribution in [0.25, 0.3) is 0 Å². The molecule has 0 amide bonds. The van der Waals surface area contributed by atoms with Gasteiger partial charge in [0.2, 0.25) is 0 Å². The van der Waals surface area contributed by atoms with Crippen LogP contribution in [0.15, 0.2) is 47.5 Å². The SMILES string of the molecule is CN=C(NCc1ccc(C)s1)NCC(C)Oc1ccccc1. The molecule has 0 radical (unpaired) electrons. The summed E-state index contributed by atoms with van der Waals surface area (Å²) in [5, 5.41) is 6.60. The first-order valence-electron chi connectivity index (χ1n) is 7.39. The standard InChI is InChI=1S/C17H23N3OS/c1-13(21-15-7-5-4-6-8-15)11-19-17(18-3)20-12-16-10-9-14(2)22-16/h4-10,13H,11-12H2,1-3H3,(H2,18,19,20). The molecule has 0 aliphatic carbocycles. The summed E-state index contributed by atoms with van der Waals surface area (Å²) in [4.78, 5) is 6.86. The molecular weight excluding hydrogens is 294 g/mol. The predicted octanol–water partition coefficient (Wildman–Crippen LogP) is 3.19. The summed E-state index contributed by atoms with van der Waals surface area (Å²) in [7, 11) is 1.78. The molecule has 118 valence electrons. The van der Waals surface area contributed by atoms with Gasteiger partial charge in [-0.05, 0) is 38.1 Å². The smallest absolute Gasteiger partial charge is 0.191 e. The summed E-state index contributed by atoms with van der Waals surface area (Å²) < 4.78 is 5.83. The first-order valence-corrected chi connectivity index (χ1v) is 8.20. The van der Waals surface area contributed by atoms with E-state index in [0.29, 0.717) is 6.54 Å². The summed E-state index contributed by atoms with van der Waals surface area (Å²) in [6, 6.07) is 14.1. The van der Waals surface area contributed by atoms with Gasteiger partial charge in [0.1, 0.15) is 11.9 Å². The van der Waals surface area contributed by atoms with Crippen molar-refractivity contribution in [3.05, 3.63) is 52.2 Å². The third kappa shape index (κ3) is 5.41. The van der Waals surface area contributed by atoms with Gasteiger partial charge in [0, 0.05) is 16.8 Å². The Balaban J connectivity index is 1.73. The molecule has 1 heterocycles. The Bertz CT molecular complexity index is 595. The van der Waals surface area contributed by atoms with Crippen LogP contribution in [-0.2, 0) is 6.54 Å². The average Bonchev–Trinajstić information content (AvgIpc) is 2.94. The van der Waals surface area contributed by atoms with Crippen LogP contribution in [0.4, 0.5) is 0 Å². The van der Waals surface area contributed by atoms with Gasteiger partial charge < -0.3 is 15.4 Å². The van der Waals surface area contributed by atoms with Gasteiger partial charge in [0.25, 0.3) is 0 Å². The summed E-state index contributed by atoms with van der Waals surface area (Å²) in [6.07, 6.45) is 0.0601. The van der Waals surface area contributed by atoms with Crippen LogP contribution in [-0.4, -0.2) is 25.7 Å². The number of nitrogens with zero attached hydrogens (tertiary/aromatic N) is 1. The molecule has 2 N–H and O–H groups in total. The molecule has 22 heavy (non-hydrogen) atoms. The van der Waals surface area contributed by atoms with Gasteiger partial charge in [-0.15, -0.1) is 11.3 Å². The monoisotopic (exact) mass is 317 g/mol. The Kier molecular flexibility index (Phi) is 6.27. The number of ether oxygens (including phenoxy) is 1. The number of guanidine groups is 1. The maximum atomic E-state index is 5.83. The van der Waals surface area contributed by atoms with E-state index in [4.69, 9.17) is 4.74 Å². The fourth-order valence-corrected chi connectivity index (χ4v) is 2.82. The Morgan fingerprint density at radius 1 is 1.18 bits per heavy atom. The molecule has 0 saturated heterocycles. The number of nitrogens with one attached hydrogen (secondary N) is 2. The van der Waals surface area contributed by atoms with Crippen molar-refractivity contribution >= 4 is 17.3 Å². The van der Waals surface area contributed by atoms with Gasteiger partial charge in [0.15, 0.2) is 5.96 Å². The second kappa shape index (κ2) is 8.44. The second-order valence-corrected chi connectivity index (χ2v) is 6.43. The van der Waals surface area contributed by atoms with Crippen molar-refractivity contribution in [2.45, 2.75) is 26.5 Å². The zero-order chi connectivity index (χ0) is 15.8. The highest BCUT2D eigenvalue weighted by atomic mass is 32.1. The molecule has 2 rings (SSSR count). The van der Waals surface area contributed by atoms with E-state index in [1.807, 2.05) is 37.3 Å². The maximum Gasteiger partial charge on any atom is 0.191 e. The van der Waals surface area contributed by atoms with E-state index >= 15 is 0 Å². The molecule has 1 atom stereocenters. The van der Waals surface area contributed by atoms with Gasteiger partial charge in [-0.3, -0.25) is 4.99 Å². The zero-order valence-electron chi connectivity index (χ0n) is 13.3. The Morgan fingerprint density at radius 2 is 1.95 bits per heavy atom. The van der Waals surface area contributed by atoms with Crippen molar-refractivity contribution in [1.29, 1.82) is 0 Å². The van der Waals surface area contributed by atoms with E-state index in [-0.39, 0.29) is 6.10 Å². The molecule has 0 aliphatic rings. The number of rotatable bonds is 6. The number of thiophene rings is 1. The highest BCUT2D eigenvalue weighted by Crippen LogP contribution is 2.14. The van der Waals surface area contributed by atoms with E-state index in [2.05, 4.69) is 34.7 Å². The Hall–Kier alpha value is -2.01. The lowest BCUT2D eigenvalue weighted by molar-refractivity contribution is 0.224. The van der Waals surface area contributed by atoms with E-state index in [1.165, 1.54) is 9.75 Å². The number of para-hydroxylation sites is 1. The topological polar surface area (TPSA) is 45.7 Å². The summed E-state index contributed by atoms with van der Waals surface area (Å²) in [5.41, 5.74) is 0. The van der Waals surface area contributed by atoms with Crippen molar-refractivity contribution in [3.8, 4) is 5.75 Å². The maximum absolute atomic E-state index is 5.83. The number of hydrogen-bond donors (Lipinski definition) is 2. The van der Waals surface area contributed by atoms with E-state index in [0.717, 1.165) is 18.3 Å². The lowest BCUT2D eigenvalue weighted by Gasteiger charge is -2.17. The zero-order valence-corrected chi connectivity index (χ0v) is 14.1. The van der Waals surface area contributed by atoms with Crippen LogP contribution in [0.2, 0.25) is 0 Å². The minimum Gasteiger partial charge on any atom is -0.489 e. The minimum absolute atomic E-state index is 0.0601. The molecule has 1 aromatic carbocycles. The first-order chi connectivity index (χ1) is 10.7. The summed E-state index contributed by atoms with van der Waals surface area (Å²) >= 11 is 1.80. The van der Waals surface area contributed by atoms with Crippen LogP contribution in [0.1, 0.15) is 16.7 Å². The second-order valence-electron chi connectivity index (χ2n) is 5.06. The number of aliphatic imine (C=N–C) groups is 1. The molecule has 0 spiro atoms. The van der Waals surface area contributed by atoms with Crippen LogP contribution in [0.3, 0.4) is 0 Å². The number of aryl methyl sites for hydroxylation is 1. The molecule has 1 aromatic heterocycles. The highest BCUT2D eigenvalue weighted by Gasteiger charge is 2.06. The quantitative estimate of drug-likeness (QED) is 0.635. The molecule has 0 bridgehead atoms. The van der Waals surface area contributed by atoms with Crippen molar-refractivity contribution in [3.63, 3.8) is 0 Å². The van der Waals surface area contributed by atoms with E-state index in [1.54, 1.807) is 18.4 Å². The molecule has 0 aliphatic heterocycles. The van der Waals surface area contributed by atoms with Crippen LogP contribution < -0.4 is 15.4 Å². The third-order valence-corrected chi connectivity index (χ3v) is 4.09. The van der Waals surface area contributed by atoms with Gasteiger partial charge in [0.05, 0.1) is 13.1 Å². The molecule has 4 nitrogen and oxygen atoms in total. The van der Waals surface area contributed by atoms with Gasteiger partial charge in [-0.2, -0.15) is 0 Å². The molecular formula is C17H23N3OS. The van der Waals surface area contributed by atoms with Crippen LogP contribution in [0, 0.1) is 6.92 Å². The Labute approximate surface area is 136 Å². The van der Waals surface area contributed by atoms with Crippen molar-refractivity contribution in [2.75, 3.05) is 13.6 Å². The van der Waals surface area contributed by atoms with Crippen molar-refractivity contribution in [2.24, 2.45) is 4.99 Å². The fourth-order valence-electron chi connectivity index (χ4n) is 1.99. The largest absolute Gasteiger partial charge is 0.489 e.